The Hall–Kier alpha value is -1.85. The molecule has 6 nitrogen and oxygen atoms in total. The van der Waals surface area contributed by atoms with Gasteiger partial charge in [-0.15, -0.1) is 0 Å². The summed E-state index contributed by atoms with van der Waals surface area (Å²) >= 11 is 0. The minimum atomic E-state index is -0.410. The fourth-order valence-corrected chi connectivity index (χ4v) is 2.29. The Labute approximate surface area is 112 Å². The summed E-state index contributed by atoms with van der Waals surface area (Å²) in [5.41, 5.74) is 1.83. The minimum absolute atomic E-state index is 0.0841. The third-order valence-electron chi connectivity index (χ3n) is 3.27. The molecule has 1 aromatic heterocycles. The molecule has 19 heavy (non-hydrogen) atoms. The summed E-state index contributed by atoms with van der Waals surface area (Å²) in [5.74, 6) is -0.257. The van der Waals surface area contributed by atoms with Crippen molar-refractivity contribution in [2.45, 2.75) is 45.7 Å². The van der Waals surface area contributed by atoms with Crippen LogP contribution in [0.2, 0.25) is 0 Å². The van der Waals surface area contributed by atoms with E-state index in [-0.39, 0.29) is 18.4 Å². The van der Waals surface area contributed by atoms with Gasteiger partial charge in [0.05, 0.1) is 5.69 Å². The number of rotatable bonds is 3. The number of nitrogens with one attached hydrogen (secondary N) is 2. The Bertz CT molecular complexity index is 481. The van der Waals surface area contributed by atoms with Crippen LogP contribution in [0, 0.1) is 13.8 Å². The lowest BCUT2D eigenvalue weighted by atomic mass is 10.1. The van der Waals surface area contributed by atoms with E-state index in [2.05, 4.69) is 15.7 Å². The number of hydrogen-bond donors (Lipinski definition) is 2. The van der Waals surface area contributed by atoms with Crippen LogP contribution < -0.4 is 10.6 Å². The summed E-state index contributed by atoms with van der Waals surface area (Å²) in [6.07, 6.45) is 2.62. The molecule has 2 amide bonds. The molecule has 6 heteroatoms. The van der Waals surface area contributed by atoms with Crippen molar-refractivity contribution in [3.63, 3.8) is 0 Å². The highest BCUT2D eigenvalue weighted by Gasteiger charge is 2.22. The zero-order valence-corrected chi connectivity index (χ0v) is 11.4. The summed E-state index contributed by atoms with van der Waals surface area (Å²) in [6.45, 7) is 4.65. The van der Waals surface area contributed by atoms with Crippen LogP contribution in [-0.4, -0.2) is 34.2 Å². The van der Waals surface area contributed by atoms with Crippen molar-refractivity contribution in [3.05, 3.63) is 17.5 Å². The van der Waals surface area contributed by atoms with Crippen molar-refractivity contribution in [3.8, 4) is 0 Å². The molecule has 1 aliphatic heterocycles. The number of nitrogens with zero attached hydrogens (tertiary/aromatic N) is 2. The zero-order valence-electron chi connectivity index (χ0n) is 11.4. The molecular weight excluding hydrogens is 244 g/mol. The highest BCUT2D eigenvalue weighted by Crippen LogP contribution is 2.06. The predicted molar refractivity (Wildman–Crippen MR) is 70.5 cm³/mol. The molecular formula is C13H20N4O2. The van der Waals surface area contributed by atoms with Gasteiger partial charge in [-0.2, -0.15) is 5.10 Å². The molecule has 104 valence electrons. The highest BCUT2D eigenvalue weighted by atomic mass is 16.2. The fraction of sp³-hybridized carbons (Fsp3) is 0.615. The summed E-state index contributed by atoms with van der Waals surface area (Å²) in [5, 5.41) is 9.82. The first kappa shape index (κ1) is 13.6. The van der Waals surface area contributed by atoms with E-state index >= 15 is 0 Å². The lowest BCUT2D eigenvalue weighted by molar-refractivity contribution is -0.129. The first-order valence-electron chi connectivity index (χ1n) is 6.64. The highest BCUT2D eigenvalue weighted by molar-refractivity contribution is 5.87. The van der Waals surface area contributed by atoms with Crippen molar-refractivity contribution in [2.24, 2.45) is 0 Å². The second-order valence-electron chi connectivity index (χ2n) is 4.99. The summed E-state index contributed by atoms with van der Waals surface area (Å²) in [6, 6.07) is 1.51. The van der Waals surface area contributed by atoms with E-state index in [0.717, 1.165) is 24.2 Å². The van der Waals surface area contributed by atoms with Crippen LogP contribution in [0.25, 0.3) is 0 Å². The van der Waals surface area contributed by atoms with Crippen LogP contribution in [0.4, 0.5) is 0 Å². The Balaban J connectivity index is 1.93. The SMILES string of the molecule is Cc1cc(C)n(CC(=O)N[C@H]2CCCCNC2=O)n1. The standard InChI is InChI=1S/C13H20N4O2/c1-9-7-10(2)17(16-9)8-12(18)15-11-5-3-4-6-14-13(11)19/h7,11H,3-6,8H2,1-2H3,(H,14,19)(H,15,18)/t11-/m0/s1. The van der Waals surface area contributed by atoms with Gasteiger partial charge in [0.25, 0.3) is 0 Å². The van der Waals surface area contributed by atoms with Crippen LogP contribution in [0.5, 0.6) is 0 Å². The molecule has 2 N–H and O–H groups in total. The van der Waals surface area contributed by atoms with Crippen LogP contribution in [0.1, 0.15) is 30.7 Å². The largest absolute Gasteiger partial charge is 0.354 e. The first-order chi connectivity index (χ1) is 9.06. The van der Waals surface area contributed by atoms with Crippen molar-refractivity contribution in [2.75, 3.05) is 6.54 Å². The van der Waals surface area contributed by atoms with Gasteiger partial charge in [-0.05, 0) is 39.2 Å². The predicted octanol–water partition coefficient (Wildman–Crippen LogP) is 0.285. The van der Waals surface area contributed by atoms with Crippen molar-refractivity contribution in [1.29, 1.82) is 0 Å². The minimum Gasteiger partial charge on any atom is -0.354 e. The van der Waals surface area contributed by atoms with Gasteiger partial charge in [0, 0.05) is 12.2 Å². The van der Waals surface area contributed by atoms with Crippen LogP contribution in [0.15, 0.2) is 6.07 Å². The molecule has 0 aromatic carbocycles. The molecule has 0 unspecified atom stereocenters. The summed E-state index contributed by atoms with van der Waals surface area (Å²) < 4.78 is 1.65. The maximum absolute atomic E-state index is 11.9. The number of hydrogen-bond acceptors (Lipinski definition) is 3. The van der Waals surface area contributed by atoms with Gasteiger partial charge in [-0.1, -0.05) is 0 Å². The lowest BCUT2D eigenvalue weighted by Crippen LogP contribution is -2.46. The molecule has 1 atom stereocenters. The zero-order chi connectivity index (χ0) is 13.8. The lowest BCUT2D eigenvalue weighted by Gasteiger charge is -2.15. The topological polar surface area (TPSA) is 76.0 Å². The van der Waals surface area contributed by atoms with Crippen molar-refractivity contribution >= 4 is 11.8 Å². The smallest absolute Gasteiger partial charge is 0.242 e. The van der Waals surface area contributed by atoms with Gasteiger partial charge in [0.2, 0.25) is 11.8 Å². The summed E-state index contributed by atoms with van der Waals surface area (Å²) in [4.78, 5) is 23.7. The van der Waals surface area contributed by atoms with Crippen LogP contribution >= 0.6 is 0 Å². The van der Waals surface area contributed by atoms with E-state index in [1.807, 2.05) is 19.9 Å². The normalized spacial score (nSPS) is 19.7. The Morgan fingerprint density at radius 3 is 3.00 bits per heavy atom. The van der Waals surface area contributed by atoms with E-state index in [1.165, 1.54) is 0 Å². The van der Waals surface area contributed by atoms with Crippen LogP contribution in [0.3, 0.4) is 0 Å². The first-order valence-corrected chi connectivity index (χ1v) is 6.64. The van der Waals surface area contributed by atoms with Gasteiger partial charge in [-0.25, -0.2) is 0 Å². The van der Waals surface area contributed by atoms with E-state index in [0.29, 0.717) is 13.0 Å². The quantitative estimate of drug-likeness (QED) is 0.823. The van der Waals surface area contributed by atoms with E-state index in [9.17, 15) is 9.59 Å². The second kappa shape index (κ2) is 5.86. The monoisotopic (exact) mass is 264 g/mol. The molecule has 2 rings (SSSR count). The number of carbonyl (C=O) groups excluding carboxylic acids is 2. The third kappa shape index (κ3) is 3.56. The fourth-order valence-electron chi connectivity index (χ4n) is 2.29. The molecule has 0 bridgehead atoms. The van der Waals surface area contributed by atoms with Gasteiger partial charge in [0.1, 0.15) is 12.6 Å². The van der Waals surface area contributed by atoms with Gasteiger partial charge in [-0.3, -0.25) is 14.3 Å². The molecule has 0 radical (unpaired) electrons. The van der Waals surface area contributed by atoms with Crippen molar-refractivity contribution in [1.82, 2.24) is 20.4 Å². The van der Waals surface area contributed by atoms with Crippen molar-refractivity contribution < 1.29 is 9.59 Å². The third-order valence-corrected chi connectivity index (χ3v) is 3.27. The number of aromatic nitrogens is 2. The molecule has 1 aliphatic rings. The molecule has 1 aromatic rings. The average molecular weight is 264 g/mol. The van der Waals surface area contributed by atoms with Gasteiger partial charge < -0.3 is 10.6 Å². The summed E-state index contributed by atoms with van der Waals surface area (Å²) in [7, 11) is 0. The maximum atomic E-state index is 11.9. The molecule has 1 saturated heterocycles. The van der Waals surface area contributed by atoms with Gasteiger partial charge >= 0.3 is 0 Å². The maximum Gasteiger partial charge on any atom is 0.242 e. The number of carbonyl (C=O) groups is 2. The van der Waals surface area contributed by atoms with E-state index in [1.54, 1.807) is 4.68 Å². The molecule has 0 aliphatic carbocycles. The average Bonchev–Trinajstić information content (AvgIpc) is 2.53. The van der Waals surface area contributed by atoms with Crippen LogP contribution in [-0.2, 0) is 16.1 Å². The molecule has 0 saturated carbocycles. The molecule has 0 spiro atoms. The Kier molecular flexibility index (Phi) is 4.19. The molecule has 1 fully saturated rings. The number of amides is 2. The molecule has 2 heterocycles. The van der Waals surface area contributed by atoms with Gasteiger partial charge in [0.15, 0.2) is 0 Å². The van der Waals surface area contributed by atoms with E-state index < -0.39 is 6.04 Å². The second-order valence-corrected chi connectivity index (χ2v) is 4.99. The van der Waals surface area contributed by atoms with E-state index in [4.69, 9.17) is 0 Å². The Morgan fingerprint density at radius 2 is 2.32 bits per heavy atom. The Morgan fingerprint density at radius 1 is 1.53 bits per heavy atom. The number of aryl methyl sites for hydroxylation is 2.